The highest BCUT2D eigenvalue weighted by atomic mass is 16.8. The summed E-state index contributed by atoms with van der Waals surface area (Å²) >= 11 is 0. The number of carbonyl (C=O) groups excluding carboxylic acids is 8. The van der Waals surface area contributed by atoms with Crippen LogP contribution in [0.3, 0.4) is 0 Å². The van der Waals surface area contributed by atoms with Crippen LogP contribution in [0.1, 0.15) is 122 Å². The van der Waals surface area contributed by atoms with Crippen LogP contribution in [0.4, 0.5) is 0 Å². The number of allylic oxidation sites excluding steroid dienone is 1. The van der Waals surface area contributed by atoms with Gasteiger partial charge in [0.05, 0.1) is 71.7 Å². The van der Waals surface area contributed by atoms with Gasteiger partial charge in [0, 0.05) is 81.0 Å². The summed E-state index contributed by atoms with van der Waals surface area (Å²) in [5.74, 6) is -7.88. The minimum absolute atomic E-state index is 0.0119. The Morgan fingerprint density at radius 3 is 1.01 bits per heavy atom. The summed E-state index contributed by atoms with van der Waals surface area (Å²) in [5.41, 5.74) is 34.6. The Morgan fingerprint density at radius 1 is 0.324 bits per heavy atom. The number of unbranched alkanes of at least 4 members (excludes halogenated alkanes) is 1. The first-order valence-corrected chi connectivity index (χ1v) is 46.6. The van der Waals surface area contributed by atoms with Gasteiger partial charge in [0.2, 0.25) is 12.6 Å². The van der Waals surface area contributed by atoms with E-state index in [2.05, 4.69) is 36.7 Å². The fourth-order valence-electron chi connectivity index (χ4n) is 17.1. The second kappa shape index (κ2) is 56.2. The number of hydrogen-bond acceptors (Lipinski definition) is 36. The Morgan fingerprint density at radius 2 is 0.641 bits per heavy atom. The Kier molecular flexibility index (Phi) is 43.7. The van der Waals surface area contributed by atoms with E-state index in [-0.39, 0.29) is 59.5 Å². The van der Waals surface area contributed by atoms with Gasteiger partial charge in [0.25, 0.3) is 0 Å². The predicted octanol–water partition coefficient (Wildman–Crippen LogP) is 13.1. The zero-order chi connectivity index (χ0) is 102. The average Bonchev–Trinajstić information content (AvgIpc) is 0.762. The molecule has 0 aromatic heterocycles. The normalized spacial score (nSPS) is 30.4. The van der Waals surface area contributed by atoms with Gasteiger partial charge in [-0.2, -0.15) is 0 Å². The highest BCUT2D eigenvalue weighted by molar-refractivity contribution is 5.75. The Labute approximate surface area is 821 Å². The van der Waals surface area contributed by atoms with Crippen molar-refractivity contribution in [3.63, 3.8) is 0 Å². The number of azide groups is 3. The number of methoxy groups -OCH3 is 1. The van der Waals surface area contributed by atoms with Crippen molar-refractivity contribution < 1.29 is 157 Å². The Bertz CT molecular complexity index is 5140. The van der Waals surface area contributed by atoms with E-state index < -0.39 is 238 Å². The van der Waals surface area contributed by atoms with Crippen LogP contribution in [0.5, 0.6) is 0 Å². The summed E-state index contributed by atoms with van der Waals surface area (Å²) in [6.07, 6.45) is -27.4. The molecule has 30 atom stereocenters. The maximum absolute atomic E-state index is 13.5. The SMILES string of the molecule is C=CCCCO[C@@H]1OC(OC(C)=O)[C@@H](O[C@@H]2OC(COC(C)=O)[C@@H](O[C@@H]3OC(C(=O)OC)[C@@H](C)C(OCc4ccccc4)[C@@H]3OC(C)=O)C(OCc3ccccc3)[C@@H]2N=[N+]=[N-])C(OCc2ccccc2)[C@@H]1C.CC(=O)OCC1O[C@@H](O[C@@H]2C(OC(C)=O)O[C@@H](O[C@@H]3C(COC(C)=O)O[C@@H](C)[C@@H](N=[N+]=[N-])C3OC(C)=O)[C@@H](C)C2OCc2ccccc2)[C@@H](N=[N+]=[N-])C(OCc2ccccc2)[C@@H]1OCc1ccccc1. The first-order valence-electron chi connectivity index (χ1n) is 46.6. The zero-order valence-electron chi connectivity index (χ0n) is 80.9. The fourth-order valence-corrected chi connectivity index (χ4v) is 17.1. The van der Waals surface area contributed by atoms with E-state index in [0.717, 1.165) is 34.7 Å². The second-order valence-corrected chi connectivity index (χ2v) is 34.4. The van der Waals surface area contributed by atoms with Crippen molar-refractivity contribution in [3.05, 3.63) is 259 Å². The van der Waals surface area contributed by atoms with Crippen LogP contribution >= 0.6 is 0 Å². The van der Waals surface area contributed by atoms with E-state index in [1.54, 1.807) is 26.8 Å². The van der Waals surface area contributed by atoms with E-state index >= 15 is 0 Å². The van der Waals surface area contributed by atoms with Crippen LogP contribution < -0.4 is 0 Å². The summed E-state index contributed by atoms with van der Waals surface area (Å²) in [4.78, 5) is 111. The molecule has 0 saturated carbocycles. The topological polar surface area (TPSA) is 514 Å². The maximum Gasteiger partial charge on any atom is 0.335 e. The number of esters is 8. The van der Waals surface area contributed by atoms with Crippen LogP contribution in [0.15, 0.2) is 210 Å². The highest BCUT2D eigenvalue weighted by Crippen LogP contribution is 2.44. The predicted molar refractivity (Wildman–Crippen MR) is 495 cm³/mol. The molecule has 6 aromatic carbocycles. The minimum Gasteiger partial charge on any atom is -0.467 e. The molecule has 0 aliphatic carbocycles. The van der Waals surface area contributed by atoms with Gasteiger partial charge >= 0.3 is 47.8 Å². The van der Waals surface area contributed by atoms with Gasteiger partial charge in [0.15, 0.2) is 43.7 Å². The van der Waals surface area contributed by atoms with Crippen molar-refractivity contribution in [1.82, 2.24) is 0 Å². The fraction of sp³-hybridized carbons (Fsp3) is 0.540. The molecule has 42 nitrogen and oxygen atoms in total. The molecule has 0 bridgehead atoms. The molecule has 42 heteroatoms. The summed E-state index contributed by atoms with van der Waals surface area (Å²) in [6.45, 7) is 18.2. The lowest BCUT2D eigenvalue weighted by atomic mass is 9.89. The third-order valence-electron chi connectivity index (χ3n) is 23.8. The van der Waals surface area contributed by atoms with E-state index in [1.165, 1.54) is 48.7 Å². The monoisotopic (exact) mass is 1980 g/mol. The molecular formula is C100H123N9O33. The molecule has 766 valence electrons. The molecule has 12 rings (SSSR count). The molecule has 0 radical (unpaired) electrons. The zero-order valence-corrected chi connectivity index (χ0v) is 80.9. The Hall–Kier alpha value is -11.9. The molecule has 142 heavy (non-hydrogen) atoms. The quantitative estimate of drug-likeness (QED) is 0.00651. The second-order valence-electron chi connectivity index (χ2n) is 34.4. The number of hydrogen-bond donors (Lipinski definition) is 0. The van der Waals surface area contributed by atoms with E-state index in [9.17, 15) is 54.9 Å². The number of benzene rings is 6. The van der Waals surface area contributed by atoms with Crippen LogP contribution in [-0.4, -0.2) is 247 Å². The molecule has 6 heterocycles. The smallest absolute Gasteiger partial charge is 0.335 e. The number of nitrogens with zero attached hydrogens (tertiary/aromatic N) is 9. The van der Waals surface area contributed by atoms with Crippen molar-refractivity contribution in [2.24, 2.45) is 33.1 Å². The highest BCUT2D eigenvalue weighted by Gasteiger charge is 2.60. The largest absolute Gasteiger partial charge is 0.467 e. The lowest BCUT2D eigenvalue weighted by Crippen LogP contribution is -2.66. The van der Waals surface area contributed by atoms with Gasteiger partial charge in [-0.15, -0.1) is 6.58 Å². The molecular weight excluding hydrogens is 1860 g/mol. The van der Waals surface area contributed by atoms with Crippen molar-refractivity contribution >= 4 is 47.8 Å². The van der Waals surface area contributed by atoms with Gasteiger partial charge in [-0.1, -0.05) is 224 Å². The standard InChI is InChI=1S/C52H65N3O17.C48H58N6O16/c1-8-9-19-26-61-49-32(3)42(64-28-37-22-15-11-16-23-37)47(51(72-49)67-35(6)58)71-50-40(54-55-53)45(65-29-38-24-17-12-18-25-38)44(39(68-50)30-62-33(4)56)70-52-46(66-34(5)57)41(31(2)43(69-52)48(59)60-7)63-27-36-20-13-10-14-21-36;1-27-40(61-22-33-16-10-7-11-17-33)45(48(66-32(6)58)70-46(27)68-42-37(26-60-30(4)56)64-28(2)38(51-53-49)44(42)65-31(5)57)69-47-39(52-54-50)43(63-24-35-20-14-9-15-21-35)41(36(67-47)25-59-29(3)55)62-23-34-18-12-8-13-19-34/h8,10-18,20-25,31-32,39-47,49-52H,1,9,19,26-30H2,2-7H3;7-21,27-28,36-48H,22-26H2,1-6H3/t31-,32-,39?,40-,41?,42?,43?,44+,45?,46-,47-,49+,50-,51?,52-;27-,28-,36?,37?,38+,39-,40?,41+,42+,43?,44?,45-,46+,47-,48?/m00/s1. The van der Waals surface area contributed by atoms with E-state index in [1.807, 2.05) is 189 Å². The van der Waals surface area contributed by atoms with Crippen molar-refractivity contribution in [1.29, 1.82) is 0 Å². The first-order chi connectivity index (χ1) is 68.6. The molecule has 6 saturated heterocycles. The third kappa shape index (κ3) is 32.0. The minimum atomic E-state index is -1.66. The number of rotatable bonds is 45. The van der Waals surface area contributed by atoms with Crippen LogP contribution in [0.25, 0.3) is 31.3 Å². The Balaban J connectivity index is 0.000000271. The molecule has 6 aliphatic heterocycles. The lowest BCUT2D eigenvalue weighted by Gasteiger charge is -2.50. The molecule has 0 N–H and O–H groups in total. The number of carbonyl (C=O) groups is 8. The van der Waals surface area contributed by atoms with Crippen molar-refractivity contribution in [2.75, 3.05) is 33.5 Å². The van der Waals surface area contributed by atoms with Gasteiger partial charge < -0.3 is 118 Å². The molecule has 6 fully saturated rings. The van der Waals surface area contributed by atoms with E-state index in [0.29, 0.717) is 18.4 Å². The van der Waals surface area contributed by atoms with Gasteiger partial charge in [-0.25, -0.2) is 4.79 Å². The summed E-state index contributed by atoms with van der Waals surface area (Å²) in [5, 5.41) is 12.2. The van der Waals surface area contributed by atoms with Crippen LogP contribution in [0, 0.1) is 17.8 Å². The van der Waals surface area contributed by atoms with Crippen LogP contribution in [0.2, 0.25) is 0 Å². The van der Waals surface area contributed by atoms with Crippen LogP contribution in [-0.2, 0) is 196 Å². The maximum atomic E-state index is 13.5. The van der Waals surface area contributed by atoms with Crippen molar-refractivity contribution in [2.45, 2.75) is 295 Å². The van der Waals surface area contributed by atoms with Crippen molar-refractivity contribution in [3.8, 4) is 0 Å². The van der Waals surface area contributed by atoms with E-state index in [4.69, 9.17) is 118 Å². The average molecular weight is 1980 g/mol. The summed E-state index contributed by atoms with van der Waals surface area (Å²) in [6, 6.07) is 51.5. The molecule has 6 aromatic rings. The van der Waals surface area contributed by atoms with Gasteiger partial charge in [-0.05, 0) is 69.7 Å². The molecule has 0 amide bonds. The third-order valence-corrected chi connectivity index (χ3v) is 23.8. The number of ether oxygens (including phenoxy) is 25. The first kappa shape index (κ1) is 110. The summed E-state index contributed by atoms with van der Waals surface area (Å²) in [7, 11) is 1.20. The lowest BCUT2D eigenvalue weighted by molar-refractivity contribution is -0.385. The molecule has 0 spiro atoms. The van der Waals surface area contributed by atoms with Gasteiger partial charge in [-0.3, -0.25) is 33.6 Å². The molecule has 6 aliphatic rings. The van der Waals surface area contributed by atoms with Gasteiger partial charge in [0.1, 0.15) is 111 Å². The molecule has 12 unspecified atom stereocenters. The summed E-state index contributed by atoms with van der Waals surface area (Å²) < 4.78 is 156.